The fraction of sp³-hybridized carbons (Fsp3) is 0.400. The van der Waals surface area contributed by atoms with Crippen LogP contribution in [0, 0.1) is 13.8 Å². The quantitative estimate of drug-likeness (QED) is 0.736. The zero-order valence-corrected chi connectivity index (χ0v) is 15.7. The first-order valence-electron chi connectivity index (χ1n) is 8.84. The van der Waals surface area contributed by atoms with Gasteiger partial charge in [-0.1, -0.05) is 0 Å². The van der Waals surface area contributed by atoms with Crippen LogP contribution in [-0.4, -0.2) is 19.3 Å². The van der Waals surface area contributed by atoms with E-state index in [0.717, 1.165) is 12.4 Å². The molecule has 0 bridgehead atoms. The number of pyridine rings is 1. The van der Waals surface area contributed by atoms with Gasteiger partial charge in [-0.25, -0.2) is 4.68 Å². The maximum Gasteiger partial charge on any atom is 0.135 e. The van der Waals surface area contributed by atoms with Crippen LogP contribution in [0.15, 0.2) is 42.9 Å². The normalized spacial score (nSPS) is 12.7. The Balaban J connectivity index is 1.82. The van der Waals surface area contributed by atoms with E-state index in [1.807, 2.05) is 18.6 Å². The summed E-state index contributed by atoms with van der Waals surface area (Å²) in [6, 6.07) is 9.08. The average Bonchev–Trinajstić information content (AvgIpc) is 3.18. The second-order valence-electron chi connectivity index (χ2n) is 6.84. The highest BCUT2D eigenvalue weighted by Gasteiger charge is 2.16. The van der Waals surface area contributed by atoms with Crippen LogP contribution < -0.4 is 5.32 Å². The van der Waals surface area contributed by atoms with E-state index in [1.54, 1.807) is 0 Å². The molecular formula is C20H27N5. The van der Waals surface area contributed by atoms with Crippen molar-refractivity contribution in [1.29, 1.82) is 0 Å². The van der Waals surface area contributed by atoms with Gasteiger partial charge in [0.15, 0.2) is 0 Å². The first-order chi connectivity index (χ1) is 12.0. The third-order valence-corrected chi connectivity index (χ3v) is 4.71. The van der Waals surface area contributed by atoms with Crippen LogP contribution in [0.25, 0.3) is 5.82 Å². The number of aromatic nitrogens is 4. The second-order valence-corrected chi connectivity index (χ2v) is 6.84. The standard InChI is InChI=1S/C20H27N5/c1-14(2)25-20(8-11-23-25)24-15(3)12-19(17(24)5)13-22-16(4)18-6-9-21-10-7-18/h6-12,14,16,22H,13H2,1-5H3. The van der Waals surface area contributed by atoms with Crippen LogP contribution >= 0.6 is 0 Å². The number of nitrogens with one attached hydrogen (secondary N) is 1. The third kappa shape index (κ3) is 3.51. The van der Waals surface area contributed by atoms with E-state index in [1.165, 1.54) is 22.5 Å². The highest BCUT2D eigenvalue weighted by Crippen LogP contribution is 2.23. The molecule has 0 aliphatic rings. The first-order valence-corrected chi connectivity index (χ1v) is 8.84. The molecule has 25 heavy (non-hydrogen) atoms. The van der Waals surface area contributed by atoms with E-state index in [4.69, 9.17) is 0 Å². The van der Waals surface area contributed by atoms with Crippen molar-refractivity contribution in [3.63, 3.8) is 0 Å². The number of aryl methyl sites for hydroxylation is 1. The lowest BCUT2D eigenvalue weighted by Gasteiger charge is -2.16. The van der Waals surface area contributed by atoms with Crippen LogP contribution in [0.3, 0.4) is 0 Å². The van der Waals surface area contributed by atoms with Crippen molar-refractivity contribution in [2.24, 2.45) is 0 Å². The van der Waals surface area contributed by atoms with E-state index in [0.29, 0.717) is 6.04 Å². The molecule has 1 unspecified atom stereocenters. The van der Waals surface area contributed by atoms with Gasteiger partial charge < -0.3 is 9.88 Å². The molecule has 3 aromatic rings. The van der Waals surface area contributed by atoms with Gasteiger partial charge in [0.25, 0.3) is 0 Å². The summed E-state index contributed by atoms with van der Waals surface area (Å²) in [6.07, 6.45) is 5.55. The predicted molar refractivity (Wildman–Crippen MR) is 101 cm³/mol. The first kappa shape index (κ1) is 17.4. The Morgan fingerprint density at radius 1 is 1.04 bits per heavy atom. The minimum atomic E-state index is 0.284. The molecule has 0 aromatic carbocycles. The molecule has 0 aliphatic carbocycles. The molecule has 1 atom stereocenters. The van der Waals surface area contributed by atoms with Crippen molar-refractivity contribution in [3.05, 3.63) is 65.4 Å². The Morgan fingerprint density at radius 3 is 2.44 bits per heavy atom. The van der Waals surface area contributed by atoms with Crippen LogP contribution in [0.2, 0.25) is 0 Å². The Hall–Kier alpha value is -2.40. The van der Waals surface area contributed by atoms with Gasteiger partial charge in [-0.3, -0.25) is 4.98 Å². The molecule has 0 saturated carbocycles. The summed E-state index contributed by atoms with van der Waals surface area (Å²) in [6.45, 7) is 11.7. The highest BCUT2D eigenvalue weighted by molar-refractivity contribution is 5.37. The molecule has 5 nitrogen and oxygen atoms in total. The van der Waals surface area contributed by atoms with Gasteiger partial charge in [0.05, 0.1) is 6.20 Å². The third-order valence-electron chi connectivity index (χ3n) is 4.71. The van der Waals surface area contributed by atoms with E-state index in [9.17, 15) is 0 Å². The van der Waals surface area contributed by atoms with E-state index < -0.39 is 0 Å². The lowest BCUT2D eigenvalue weighted by Crippen LogP contribution is -2.18. The smallest absolute Gasteiger partial charge is 0.135 e. The molecule has 0 spiro atoms. The number of hydrogen-bond acceptors (Lipinski definition) is 3. The van der Waals surface area contributed by atoms with E-state index in [2.05, 4.69) is 83.5 Å². The Bertz CT molecular complexity index is 829. The zero-order chi connectivity index (χ0) is 18.0. The largest absolute Gasteiger partial charge is 0.306 e. The molecule has 5 heteroatoms. The molecule has 0 radical (unpaired) electrons. The molecule has 1 N–H and O–H groups in total. The summed E-state index contributed by atoms with van der Waals surface area (Å²) < 4.78 is 4.36. The Morgan fingerprint density at radius 2 is 1.76 bits per heavy atom. The summed E-state index contributed by atoms with van der Waals surface area (Å²) in [7, 11) is 0. The lowest BCUT2D eigenvalue weighted by molar-refractivity contribution is 0.519. The molecule has 132 valence electrons. The van der Waals surface area contributed by atoms with Crippen molar-refractivity contribution < 1.29 is 0 Å². The molecule has 3 heterocycles. The maximum atomic E-state index is 4.47. The minimum Gasteiger partial charge on any atom is -0.306 e. The molecule has 3 aromatic heterocycles. The number of nitrogens with zero attached hydrogens (tertiary/aromatic N) is 4. The summed E-state index contributed by atoms with van der Waals surface area (Å²) >= 11 is 0. The van der Waals surface area contributed by atoms with Gasteiger partial charge in [-0.15, -0.1) is 0 Å². The SMILES string of the molecule is Cc1cc(CNC(C)c2ccncc2)c(C)n1-c1ccnn1C(C)C. The summed E-state index contributed by atoms with van der Waals surface area (Å²) in [4.78, 5) is 4.09. The fourth-order valence-electron chi connectivity index (χ4n) is 3.28. The Labute approximate surface area is 149 Å². The van der Waals surface area contributed by atoms with Crippen molar-refractivity contribution in [1.82, 2.24) is 24.6 Å². The van der Waals surface area contributed by atoms with Crippen molar-refractivity contribution in [2.45, 2.75) is 53.2 Å². The second kappa shape index (κ2) is 7.23. The molecule has 0 saturated heterocycles. The average molecular weight is 337 g/mol. The maximum absolute atomic E-state index is 4.47. The monoisotopic (exact) mass is 337 g/mol. The molecule has 3 rings (SSSR count). The highest BCUT2D eigenvalue weighted by atomic mass is 15.3. The van der Waals surface area contributed by atoms with Gasteiger partial charge in [0, 0.05) is 48.5 Å². The fourth-order valence-corrected chi connectivity index (χ4v) is 3.28. The van der Waals surface area contributed by atoms with Crippen LogP contribution in [0.5, 0.6) is 0 Å². The lowest BCUT2D eigenvalue weighted by atomic mass is 10.1. The number of rotatable bonds is 6. The van der Waals surface area contributed by atoms with Gasteiger partial charge >= 0.3 is 0 Å². The zero-order valence-electron chi connectivity index (χ0n) is 15.7. The van der Waals surface area contributed by atoms with Gasteiger partial charge in [-0.05, 0) is 63.9 Å². The van der Waals surface area contributed by atoms with Gasteiger partial charge in [-0.2, -0.15) is 5.10 Å². The number of hydrogen-bond donors (Lipinski definition) is 1. The summed E-state index contributed by atoms with van der Waals surface area (Å²) in [5.41, 5.74) is 5.05. The van der Waals surface area contributed by atoms with E-state index >= 15 is 0 Å². The van der Waals surface area contributed by atoms with Crippen molar-refractivity contribution in [3.8, 4) is 5.82 Å². The van der Waals surface area contributed by atoms with Crippen molar-refractivity contribution >= 4 is 0 Å². The summed E-state index contributed by atoms with van der Waals surface area (Å²) in [5.74, 6) is 1.12. The van der Waals surface area contributed by atoms with Crippen molar-refractivity contribution in [2.75, 3.05) is 0 Å². The van der Waals surface area contributed by atoms with Gasteiger partial charge in [0.1, 0.15) is 5.82 Å². The molecule has 0 fully saturated rings. The predicted octanol–water partition coefficient (Wildman–Crippen LogP) is 4.12. The molecular weight excluding hydrogens is 310 g/mol. The Kier molecular flexibility index (Phi) is 5.04. The minimum absolute atomic E-state index is 0.284. The van der Waals surface area contributed by atoms with Crippen LogP contribution in [0.4, 0.5) is 0 Å². The molecule has 0 amide bonds. The van der Waals surface area contributed by atoms with E-state index in [-0.39, 0.29) is 6.04 Å². The topological polar surface area (TPSA) is 47.7 Å². The van der Waals surface area contributed by atoms with Crippen LogP contribution in [-0.2, 0) is 6.54 Å². The summed E-state index contributed by atoms with van der Waals surface area (Å²) in [5, 5.41) is 8.09. The molecule has 0 aliphatic heterocycles. The van der Waals surface area contributed by atoms with Crippen LogP contribution in [0.1, 0.15) is 55.4 Å². The van der Waals surface area contributed by atoms with Gasteiger partial charge in [0.2, 0.25) is 0 Å².